The summed E-state index contributed by atoms with van der Waals surface area (Å²) in [6.45, 7) is 8.25. The Kier molecular flexibility index (Phi) is 4.17. The monoisotopic (exact) mass is 250 g/mol. The second kappa shape index (κ2) is 5.65. The van der Waals surface area contributed by atoms with Crippen molar-refractivity contribution in [3.05, 3.63) is 17.8 Å². The molecule has 0 radical (unpaired) electrons. The van der Waals surface area contributed by atoms with Crippen LogP contribution in [0.15, 0.2) is 10.7 Å². The number of oxazole rings is 1. The highest BCUT2D eigenvalue weighted by molar-refractivity contribution is 5.77. The third-order valence-corrected chi connectivity index (χ3v) is 3.61. The van der Waals surface area contributed by atoms with E-state index >= 15 is 0 Å². The molecule has 2 rings (SSSR count). The van der Waals surface area contributed by atoms with E-state index in [0.29, 0.717) is 18.4 Å². The molecule has 0 unspecified atom stereocenters. The van der Waals surface area contributed by atoms with E-state index in [0.717, 1.165) is 37.5 Å². The molecule has 2 heterocycles. The molecule has 0 aromatic carbocycles. The highest BCUT2D eigenvalue weighted by Gasteiger charge is 2.25. The van der Waals surface area contributed by atoms with Crippen molar-refractivity contribution in [3.63, 3.8) is 0 Å². The molecule has 4 nitrogen and oxygen atoms in total. The average molecular weight is 250 g/mol. The third-order valence-electron chi connectivity index (χ3n) is 3.61. The van der Waals surface area contributed by atoms with Gasteiger partial charge < -0.3 is 9.32 Å². The maximum Gasteiger partial charge on any atom is 0.197 e. The van der Waals surface area contributed by atoms with Crippen LogP contribution >= 0.6 is 0 Å². The molecule has 0 saturated carbocycles. The van der Waals surface area contributed by atoms with Gasteiger partial charge in [-0.15, -0.1) is 0 Å². The molecule has 1 fully saturated rings. The summed E-state index contributed by atoms with van der Waals surface area (Å²) < 4.78 is 5.52. The zero-order valence-corrected chi connectivity index (χ0v) is 11.5. The molecular weight excluding hydrogens is 228 g/mol. The van der Waals surface area contributed by atoms with Crippen molar-refractivity contribution in [2.24, 2.45) is 0 Å². The molecule has 0 spiro atoms. The molecule has 1 aromatic rings. The summed E-state index contributed by atoms with van der Waals surface area (Å²) in [5.41, 5.74) is 0.767. The van der Waals surface area contributed by atoms with Gasteiger partial charge in [0.25, 0.3) is 0 Å². The zero-order chi connectivity index (χ0) is 13.1. The number of Topliss-reactive ketones (excluding diaryl/α,β-unsaturated/α-hetero) is 1. The van der Waals surface area contributed by atoms with E-state index in [1.54, 1.807) is 13.2 Å². The molecule has 1 aromatic heterocycles. The highest BCUT2D eigenvalue weighted by atomic mass is 16.3. The van der Waals surface area contributed by atoms with Gasteiger partial charge >= 0.3 is 0 Å². The van der Waals surface area contributed by atoms with Crippen molar-refractivity contribution in [2.45, 2.75) is 52.0 Å². The van der Waals surface area contributed by atoms with Gasteiger partial charge in [0.2, 0.25) is 0 Å². The number of likely N-dealkylation sites (tertiary alicyclic amines) is 1. The average Bonchev–Trinajstić information content (AvgIpc) is 2.76. The minimum atomic E-state index is 0.129. The molecule has 1 aliphatic rings. The van der Waals surface area contributed by atoms with Gasteiger partial charge in [-0.25, -0.2) is 4.98 Å². The Labute approximate surface area is 108 Å². The fraction of sp³-hybridized carbons (Fsp3) is 0.714. The Morgan fingerprint density at radius 2 is 2.17 bits per heavy atom. The number of ketones is 1. The summed E-state index contributed by atoms with van der Waals surface area (Å²) in [6.07, 6.45) is 4.20. The van der Waals surface area contributed by atoms with Crippen LogP contribution in [0, 0.1) is 0 Å². The lowest BCUT2D eigenvalue weighted by Crippen LogP contribution is -2.37. The predicted octanol–water partition coefficient (Wildman–Crippen LogP) is 2.39. The van der Waals surface area contributed by atoms with E-state index < -0.39 is 0 Å². The molecule has 0 amide bonds. The SMILES string of the molecule is CC(=O)Cc1coc(C2CCN(C(C)C)CC2)n1. The zero-order valence-electron chi connectivity index (χ0n) is 11.5. The summed E-state index contributed by atoms with van der Waals surface area (Å²) in [7, 11) is 0. The lowest BCUT2D eigenvalue weighted by molar-refractivity contribution is -0.116. The number of piperidine rings is 1. The van der Waals surface area contributed by atoms with Crippen molar-refractivity contribution < 1.29 is 9.21 Å². The van der Waals surface area contributed by atoms with Crippen LogP contribution in [0.1, 0.15) is 51.1 Å². The lowest BCUT2D eigenvalue weighted by Gasteiger charge is -2.33. The normalized spacial score (nSPS) is 18.4. The van der Waals surface area contributed by atoms with E-state index in [-0.39, 0.29) is 5.78 Å². The maximum absolute atomic E-state index is 11.0. The van der Waals surface area contributed by atoms with Crippen LogP contribution in [0.4, 0.5) is 0 Å². The first-order valence-electron chi connectivity index (χ1n) is 6.74. The largest absolute Gasteiger partial charge is 0.448 e. The van der Waals surface area contributed by atoms with Crippen molar-refractivity contribution in [1.29, 1.82) is 0 Å². The van der Waals surface area contributed by atoms with Crippen LogP contribution in [-0.4, -0.2) is 34.8 Å². The first-order chi connectivity index (χ1) is 8.56. The van der Waals surface area contributed by atoms with Crippen molar-refractivity contribution in [1.82, 2.24) is 9.88 Å². The van der Waals surface area contributed by atoms with Gasteiger partial charge in [0.15, 0.2) is 5.89 Å². The van der Waals surface area contributed by atoms with Crippen molar-refractivity contribution in [3.8, 4) is 0 Å². The van der Waals surface area contributed by atoms with Crippen molar-refractivity contribution in [2.75, 3.05) is 13.1 Å². The van der Waals surface area contributed by atoms with Gasteiger partial charge in [0, 0.05) is 12.0 Å². The number of carbonyl (C=O) groups excluding carboxylic acids is 1. The summed E-state index contributed by atoms with van der Waals surface area (Å²) >= 11 is 0. The summed E-state index contributed by atoms with van der Waals surface area (Å²) in [4.78, 5) is 17.9. The topological polar surface area (TPSA) is 46.3 Å². The summed E-state index contributed by atoms with van der Waals surface area (Å²) in [5, 5.41) is 0. The second-order valence-corrected chi connectivity index (χ2v) is 5.46. The van der Waals surface area contributed by atoms with Crippen LogP contribution in [0.3, 0.4) is 0 Å². The van der Waals surface area contributed by atoms with Gasteiger partial charge in [-0.1, -0.05) is 0 Å². The van der Waals surface area contributed by atoms with E-state index in [1.165, 1.54) is 0 Å². The lowest BCUT2D eigenvalue weighted by atomic mass is 9.96. The third kappa shape index (κ3) is 3.19. The molecule has 0 atom stereocenters. The number of hydrogen-bond acceptors (Lipinski definition) is 4. The van der Waals surface area contributed by atoms with Gasteiger partial charge in [-0.05, 0) is 46.7 Å². The molecule has 18 heavy (non-hydrogen) atoms. The predicted molar refractivity (Wildman–Crippen MR) is 69.6 cm³/mol. The Balaban J connectivity index is 1.93. The van der Waals surface area contributed by atoms with Gasteiger partial charge in [0.05, 0.1) is 12.1 Å². The number of rotatable bonds is 4. The number of hydrogen-bond donors (Lipinski definition) is 0. The Hall–Kier alpha value is -1.16. The molecule has 0 aliphatic carbocycles. The molecule has 0 bridgehead atoms. The van der Waals surface area contributed by atoms with E-state index in [2.05, 4.69) is 23.7 Å². The van der Waals surface area contributed by atoms with Crippen LogP contribution in [-0.2, 0) is 11.2 Å². The minimum Gasteiger partial charge on any atom is -0.448 e. The molecular formula is C14H22N2O2. The van der Waals surface area contributed by atoms with Gasteiger partial charge in [-0.2, -0.15) is 0 Å². The van der Waals surface area contributed by atoms with E-state index in [9.17, 15) is 4.79 Å². The first-order valence-corrected chi connectivity index (χ1v) is 6.74. The maximum atomic E-state index is 11.0. The van der Waals surface area contributed by atoms with Gasteiger partial charge in [-0.3, -0.25) is 4.79 Å². The minimum absolute atomic E-state index is 0.129. The van der Waals surface area contributed by atoms with Gasteiger partial charge in [0.1, 0.15) is 12.0 Å². The van der Waals surface area contributed by atoms with Crippen LogP contribution in [0.25, 0.3) is 0 Å². The highest BCUT2D eigenvalue weighted by Crippen LogP contribution is 2.28. The van der Waals surface area contributed by atoms with Crippen molar-refractivity contribution >= 4 is 5.78 Å². The molecule has 100 valence electrons. The van der Waals surface area contributed by atoms with E-state index in [4.69, 9.17) is 4.42 Å². The fourth-order valence-corrected chi connectivity index (χ4v) is 2.51. The van der Waals surface area contributed by atoms with Crippen LogP contribution in [0.2, 0.25) is 0 Å². The van der Waals surface area contributed by atoms with Crippen LogP contribution < -0.4 is 0 Å². The second-order valence-electron chi connectivity index (χ2n) is 5.46. The standard InChI is InChI=1S/C14H22N2O2/c1-10(2)16-6-4-12(5-7-16)14-15-13(9-18-14)8-11(3)17/h9-10,12H,4-8H2,1-3H3. The summed E-state index contributed by atoms with van der Waals surface area (Å²) in [6, 6.07) is 0.615. The summed E-state index contributed by atoms with van der Waals surface area (Å²) in [5.74, 6) is 1.36. The van der Waals surface area contributed by atoms with Crippen LogP contribution in [0.5, 0.6) is 0 Å². The molecule has 1 saturated heterocycles. The quantitative estimate of drug-likeness (QED) is 0.823. The Morgan fingerprint density at radius 3 is 2.72 bits per heavy atom. The Bertz CT molecular complexity index is 404. The molecule has 4 heteroatoms. The molecule has 0 N–H and O–H groups in total. The Morgan fingerprint density at radius 1 is 1.50 bits per heavy atom. The molecule has 1 aliphatic heterocycles. The first kappa shape index (κ1) is 13.3. The smallest absolute Gasteiger partial charge is 0.197 e. The fourth-order valence-electron chi connectivity index (χ4n) is 2.51. The number of carbonyl (C=O) groups is 1. The number of aromatic nitrogens is 1. The van der Waals surface area contributed by atoms with E-state index in [1.807, 2.05) is 0 Å². The number of nitrogens with zero attached hydrogens (tertiary/aromatic N) is 2.